The third-order valence-corrected chi connectivity index (χ3v) is 5.48. The van der Waals surface area contributed by atoms with Crippen molar-refractivity contribution in [3.8, 4) is 5.75 Å². The second-order valence-electron chi connectivity index (χ2n) is 4.56. The van der Waals surface area contributed by atoms with Gasteiger partial charge in [-0.15, -0.1) is 0 Å². The second kappa shape index (κ2) is 5.28. The van der Waals surface area contributed by atoms with Gasteiger partial charge in [-0.1, -0.05) is 6.42 Å². The zero-order chi connectivity index (χ0) is 14.0. The fourth-order valence-corrected chi connectivity index (χ4v) is 4.13. The van der Waals surface area contributed by atoms with Crippen molar-refractivity contribution in [2.45, 2.75) is 24.5 Å². The van der Waals surface area contributed by atoms with Crippen LogP contribution in [0.5, 0.6) is 5.75 Å². The third kappa shape index (κ3) is 2.78. The van der Waals surface area contributed by atoms with Crippen molar-refractivity contribution in [1.29, 1.82) is 0 Å². The van der Waals surface area contributed by atoms with Crippen molar-refractivity contribution in [2.75, 3.05) is 12.9 Å². The molecule has 0 spiro atoms. The number of ketones is 1. The Bertz CT molecular complexity index is 595. The van der Waals surface area contributed by atoms with Gasteiger partial charge >= 0.3 is 0 Å². The maximum Gasteiger partial charge on any atom is 0.181 e. The summed E-state index contributed by atoms with van der Waals surface area (Å²) < 4.78 is 42.0. The van der Waals surface area contributed by atoms with Gasteiger partial charge in [0.05, 0.1) is 12.9 Å². The number of rotatable bonds is 3. The van der Waals surface area contributed by atoms with Gasteiger partial charge in [0.15, 0.2) is 27.2 Å². The van der Waals surface area contributed by atoms with Gasteiger partial charge in [0.25, 0.3) is 0 Å². The summed E-state index contributed by atoms with van der Waals surface area (Å²) in [5.41, 5.74) is 0.0776. The van der Waals surface area contributed by atoms with Crippen LogP contribution in [0.15, 0.2) is 18.2 Å². The van der Waals surface area contributed by atoms with Crippen molar-refractivity contribution in [2.24, 2.45) is 0 Å². The van der Waals surface area contributed by atoms with E-state index >= 15 is 0 Å². The summed E-state index contributed by atoms with van der Waals surface area (Å²) in [4.78, 5) is 12.2. The molecule has 1 aromatic carbocycles. The standard InChI is InChI=1S/C13H15FO4S/c1-18-11-6-5-9(8-10(11)14)13(15)12-4-2-3-7-19(12,16)17/h5-6,8,12H,2-4,7H2,1H3. The van der Waals surface area contributed by atoms with Crippen LogP contribution in [0.25, 0.3) is 0 Å². The van der Waals surface area contributed by atoms with Crippen LogP contribution in [0.1, 0.15) is 29.6 Å². The first-order valence-corrected chi connectivity index (χ1v) is 7.76. The summed E-state index contributed by atoms with van der Waals surface area (Å²) in [7, 11) is -2.08. The lowest BCUT2D eigenvalue weighted by Crippen LogP contribution is -2.35. The number of hydrogen-bond acceptors (Lipinski definition) is 4. The number of carbonyl (C=O) groups is 1. The zero-order valence-electron chi connectivity index (χ0n) is 10.6. The first-order chi connectivity index (χ1) is 8.95. The lowest BCUT2D eigenvalue weighted by Gasteiger charge is -2.21. The van der Waals surface area contributed by atoms with E-state index in [9.17, 15) is 17.6 Å². The Labute approximate surface area is 111 Å². The molecule has 1 heterocycles. The molecule has 0 amide bonds. The van der Waals surface area contributed by atoms with Crippen molar-refractivity contribution in [1.82, 2.24) is 0 Å². The topological polar surface area (TPSA) is 60.4 Å². The largest absolute Gasteiger partial charge is 0.494 e. The van der Waals surface area contributed by atoms with Gasteiger partial charge in [-0.2, -0.15) is 0 Å². The molecule has 4 nitrogen and oxygen atoms in total. The van der Waals surface area contributed by atoms with Gasteiger partial charge in [0, 0.05) is 5.56 Å². The van der Waals surface area contributed by atoms with Gasteiger partial charge in [-0.05, 0) is 31.0 Å². The molecular formula is C13H15FO4S. The minimum atomic E-state index is -3.40. The maximum absolute atomic E-state index is 13.5. The molecule has 104 valence electrons. The predicted octanol–water partition coefficient (Wildman–Crippen LogP) is 1.98. The van der Waals surface area contributed by atoms with Gasteiger partial charge in [-0.25, -0.2) is 12.8 Å². The van der Waals surface area contributed by atoms with Crippen LogP contribution in [0.2, 0.25) is 0 Å². The molecule has 19 heavy (non-hydrogen) atoms. The molecule has 1 aliphatic rings. The van der Waals surface area contributed by atoms with Crippen molar-refractivity contribution in [3.63, 3.8) is 0 Å². The van der Waals surface area contributed by atoms with E-state index in [2.05, 4.69) is 0 Å². The van der Waals surface area contributed by atoms with Crippen LogP contribution in [0.4, 0.5) is 4.39 Å². The lowest BCUT2D eigenvalue weighted by molar-refractivity contribution is 0.0981. The summed E-state index contributed by atoms with van der Waals surface area (Å²) >= 11 is 0. The molecule has 0 radical (unpaired) electrons. The van der Waals surface area contributed by atoms with E-state index in [-0.39, 0.29) is 17.1 Å². The maximum atomic E-state index is 13.5. The van der Waals surface area contributed by atoms with Crippen LogP contribution in [-0.4, -0.2) is 32.3 Å². The molecule has 1 fully saturated rings. The molecule has 1 saturated heterocycles. The molecule has 6 heteroatoms. The zero-order valence-corrected chi connectivity index (χ0v) is 11.4. The molecule has 0 N–H and O–H groups in total. The number of sulfone groups is 1. The number of hydrogen-bond donors (Lipinski definition) is 0. The Balaban J connectivity index is 2.31. The van der Waals surface area contributed by atoms with Crippen LogP contribution < -0.4 is 4.74 Å². The minimum absolute atomic E-state index is 0.0298. The quantitative estimate of drug-likeness (QED) is 0.797. The van der Waals surface area contributed by atoms with Gasteiger partial charge in [-0.3, -0.25) is 4.79 Å². The fraction of sp³-hybridized carbons (Fsp3) is 0.462. The van der Waals surface area contributed by atoms with Crippen LogP contribution in [-0.2, 0) is 9.84 Å². The average Bonchev–Trinajstić information content (AvgIpc) is 2.37. The van der Waals surface area contributed by atoms with Gasteiger partial charge in [0.1, 0.15) is 5.25 Å². The monoisotopic (exact) mass is 286 g/mol. The highest BCUT2D eigenvalue weighted by molar-refractivity contribution is 7.92. The molecular weight excluding hydrogens is 271 g/mol. The van der Waals surface area contributed by atoms with Crippen LogP contribution in [0, 0.1) is 5.82 Å². The Hall–Kier alpha value is -1.43. The molecule has 0 aromatic heterocycles. The summed E-state index contributed by atoms with van der Waals surface area (Å²) in [5, 5.41) is -1.03. The van der Waals surface area contributed by atoms with E-state index in [1.165, 1.54) is 19.2 Å². The van der Waals surface area contributed by atoms with Crippen LogP contribution >= 0.6 is 0 Å². The normalized spacial score (nSPS) is 21.9. The number of halogens is 1. The van der Waals surface area contributed by atoms with Crippen LogP contribution in [0.3, 0.4) is 0 Å². The summed E-state index contributed by atoms with van der Waals surface area (Å²) in [5.74, 6) is -1.13. The minimum Gasteiger partial charge on any atom is -0.494 e. The molecule has 1 unspecified atom stereocenters. The number of carbonyl (C=O) groups excluding carboxylic acids is 1. The van der Waals surface area contributed by atoms with E-state index in [0.29, 0.717) is 19.3 Å². The lowest BCUT2D eigenvalue weighted by atomic mass is 10.0. The SMILES string of the molecule is COc1ccc(C(=O)C2CCCCS2(=O)=O)cc1F. The Morgan fingerprint density at radius 1 is 1.37 bits per heavy atom. The number of methoxy groups -OCH3 is 1. The average molecular weight is 286 g/mol. The van der Waals surface area contributed by atoms with E-state index < -0.39 is 26.7 Å². The highest BCUT2D eigenvalue weighted by Crippen LogP contribution is 2.25. The van der Waals surface area contributed by atoms with E-state index in [1.807, 2.05) is 0 Å². The fourth-order valence-electron chi connectivity index (χ4n) is 2.25. The van der Waals surface area contributed by atoms with Crippen molar-refractivity contribution >= 4 is 15.6 Å². The van der Waals surface area contributed by atoms with E-state index in [1.54, 1.807) is 0 Å². The number of benzene rings is 1. The Morgan fingerprint density at radius 3 is 2.68 bits per heavy atom. The summed E-state index contributed by atoms with van der Waals surface area (Å²) in [6, 6.07) is 3.76. The molecule has 0 saturated carbocycles. The van der Waals surface area contributed by atoms with Gasteiger partial charge < -0.3 is 4.74 Å². The number of Topliss-reactive ketones (excluding diaryl/α,β-unsaturated/α-hetero) is 1. The smallest absolute Gasteiger partial charge is 0.181 e. The highest BCUT2D eigenvalue weighted by Gasteiger charge is 2.35. The molecule has 1 aliphatic heterocycles. The summed E-state index contributed by atoms with van der Waals surface area (Å²) in [6.07, 6.45) is 1.60. The molecule has 1 aromatic rings. The molecule has 0 aliphatic carbocycles. The highest BCUT2D eigenvalue weighted by atomic mass is 32.2. The Kier molecular flexibility index (Phi) is 3.89. The second-order valence-corrected chi connectivity index (χ2v) is 6.87. The van der Waals surface area contributed by atoms with E-state index in [4.69, 9.17) is 4.74 Å². The summed E-state index contributed by atoms with van der Waals surface area (Å²) in [6.45, 7) is 0. The van der Waals surface area contributed by atoms with Crippen molar-refractivity contribution < 1.29 is 22.3 Å². The predicted molar refractivity (Wildman–Crippen MR) is 68.7 cm³/mol. The first kappa shape index (κ1) is 14.0. The number of ether oxygens (including phenoxy) is 1. The molecule has 2 rings (SSSR count). The van der Waals surface area contributed by atoms with E-state index in [0.717, 1.165) is 6.07 Å². The third-order valence-electron chi connectivity index (χ3n) is 3.31. The first-order valence-electron chi connectivity index (χ1n) is 6.05. The van der Waals surface area contributed by atoms with Gasteiger partial charge in [0.2, 0.25) is 0 Å². The molecule has 1 atom stereocenters. The van der Waals surface area contributed by atoms with Crippen molar-refractivity contribution in [3.05, 3.63) is 29.6 Å². The Morgan fingerprint density at radius 2 is 2.11 bits per heavy atom. The molecule has 0 bridgehead atoms.